The molecule has 0 bridgehead atoms. The highest BCUT2D eigenvalue weighted by atomic mass is 19.1. The van der Waals surface area contributed by atoms with Crippen molar-refractivity contribution in [3.05, 3.63) is 30.2 Å². The second-order valence-corrected chi connectivity index (χ2v) is 5.20. The normalized spacial score (nSPS) is 14.9. The minimum absolute atomic E-state index is 0.313. The Morgan fingerprint density at radius 3 is 2.43 bits per heavy atom. The van der Waals surface area contributed by atoms with Crippen LogP contribution in [0.1, 0.15) is 12.6 Å². The fourth-order valence-electron chi connectivity index (χ4n) is 2.62. The largest absolute Gasteiger partial charge is 0.481 e. The average molecular weight is 318 g/mol. The van der Waals surface area contributed by atoms with Crippen molar-refractivity contribution in [2.24, 2.45) is 0 Å². The zero-order valence-electron chi connectivity index (χ0n) is 13.2. The number of ether oxygens (including phenoxy) is 1. The van der Waals surface area contributed by atoms with E-state index in [4.69, 9.17) is 4.74 Å². The van der Waals surface area contributed by atoms with E-state index in [9.17, 15) is 4.39 Å². The SMILES string of the molecule is CCc1ncnc(N2CCN(c3cc(OC)ncn3)CC2)c1F. The summed E-state index contributed by atoms with van der Waals surface area (Å²) < 4.78 is 19.5. The molecule has 0 aliphatic carbocycles. The molecule has 2 aromatic heterocycles. The van der Waals surface area contributed by atoms with Gasteiger partial charge in [0, 0.05) is 32.2 Å². The molecule has 3 rings (SSSR count). The molecule has 0 amide bonds. The molecule has 0 atom stereocenters. The van der Waals surface area contributed by atoms with Gasteiger partial charge in [0.2, 0.25) is 5.88 Å². The van der Waals surface area contributed by atoms with Crippen LogP contribution in [-0.2, 0) is 6.42 Å². The van der Waals surface area contributed by atoms with E-state index < -0.39 is 0 Å². The maximum Gasteiger partial charge on any atom is 0.218 e. The molecule has 122 valence electrons. The summed E-state index contributed by atoms with van der Waals surface area (Å²) in [6.07, 6.45) is 3.47. The van der Waals surface area contributed by atoms with Crippen LogP contribution in [0, 0.1) is 5.82 Å². The van der Waals surface area contributed by atoms with Gasteiger partial charge in [-0.2, -0.15) is 0 Å². The highest BCUT2D eigenvalue weighted by Gasteiger charge is 2.23. The number of piperazine rings is 1. The van der Waals surface area contributed by atoms with Gasteiger partial charge < -0.3 is 14.5 Å². The Morgan fingerprint density at radius 2 is 1.74 bits per heavy atom. The van der Waals surface area contributed by atoms with Crippen molar-refractivity contribution in [1.82, 2.24) is 19.9 Å². The highest BCUT2D eigenvalue weighted by Crippen LogP contribution is 2.22. The quantitative estimate of drug-likeness (QED) is 0.842. The van der Waals surface area contributed by atoms with E-state index in [0.29, 0.717) is 36.9 Å². The minimum atomic E-state index is -0.313. The molecule has 3 heterocycles. The van der Waals surface area contributed by atoms with Crippen LogP contribution < -0.4 is 14.5 Å². The number of anilines is 2. The number of rotatable bonds is 4. The Labute approximate surface area is 134 Å². The van der Waals surface area contributed by atoms with Gasteiger partial charge in [-0.1, -0.05) is 6.92 Å². The van der Waals surface area contributed by atoms with Gasteiger partial charge in [0.1, 0.15) is 18.5 Å². The lowest BCUT2D eigenvalue weighted by molar-refractivity contribution is 0.396. The van der Waals surface area contributed by atoms with Crippen molar-refractivity contribution < 1.29 is 9.13 Å². The summed E-state index contributed by atoms with van der Waals surface area (Å²) in [4.78, 5) is 20.4. The van der Waals surface area contributed by atoms with E-state index in [1.54, 1.807) is 13.2 Å². The summed E-state index contributed by atoms with van der Waals surface area (Å²) >= 11 is 0. The number of aromatic nitrogens is 4. The molecule has 2 aromatic rings. The predicted molar refractivity (Wildman–Crippen MR) is 84.4 cm³/mol. The van der Waals surface area contributed by atoms with E-state index >= 15 is 0 Å². The molecule has 1 aliphatic heterocycles. The molecule has 0 unspecified atom stereocenters. The van der Waals surface area contributed by atoms with Crippen molar-refractivity contribution in [2.75, 3.05) is 43.1 Å². The maximum atomic E-state index is 14.4. The average Bonchev–Trinajstić information content (AvgIpc) is 2.62. The van der Waals surface area contributed by atoms with E-state index in [2.05, 4.69) is 24.8 Å². The molecule has 7 nitrogen and oxygen atoms in total. The Balaban J connectivity index is 1.71. The lowest BCUT2D eigenvalue weighted by Gasteiger charge is -2.36. The number of hydrogen-bond acceptors (Lipinski definition) is 7. The van der Waals surface area contributed by atoms with Crippen LogP contribution in [0.2, 0.25) is 0 Å². The van der Waals surface area contributed by atoms with Crippen molar-refractivity contribution in [3.63, 3.8) is 0 Å². The molecule has 1 aliphatic rings. The van der Waals surface area contributed by atoms with Crippen LogP contribution in [0.15, 0.2) is 18.7 Å². The van der Waals surface area contributed by atoms with Gasteiger partial charge in [0.05, 0.1) is 12.8 Å². The van der Waals surface area contributed by atoms with Gasteiger partial charge in [0.25, 0.3) is 0 Å². The second kappa shape index (κ2) is 6.72. The molecular weight excluding hydrogens is 299 g/mol. The second-order valence-electron chi connectivity index (χ2n) is 5.20. The first kappa shape index (κ1) is 15.4. The Kier molecular flexibility index (Phi) is 4.50. The van der Waals surface area contributed by atoms with E-state index in [-0.39, 0.29) is 5.82 Å². The molecule has 8 heteroatoms. The third-order valence-corrected chi connectivity index (χ3v) is 3.92. The summed E-state index contributed by atoms with van der Waals surface area (Å²) in [6, 6.07) is 1.80. The molecule has 0 saturated carbocycles. The third kappa shape index (κ3) is 3.15. The number of halogens is 1. The third-order valence-electron chi connectivity index (χ3n) is 3.92. The van der Waals surface area contributed by atoms with Crippen molar-refractivity contribution in [3.8, 4) is 5.88 Å². The fraction of sp³-hybridized carbons (Fsp3) is 0.467. The zero-order chi connectivity index (χ0) is 16.2. The summed E-state index contributed by atoms with van der Waals surface area (Å²) in [7, 11) is 1.58. The smallest absolute Gasteiger partial charge is 0.218 e. The van der Waals surface area contributed by atoms with Gasteiger partial charge >= 0.3 is 0 Å². The lowest BCUT2D eigenvalue weighted by Crippen LogP contribution is -2.47. The van der Waals surface area contributed by atoms with Crippen LogP contribution in [0.25, 0.3) is 0 Å². The van der Waals surface area contributed by atoms with E-state index in [1.165, 1.54) is 12.7 Å². The highest BCUT2D eigenvalue weighted by molar-refractivity contribution is 5.46. The molecular formula is C15H19FN6O. The topological polar surface area (TPSA) is 67.3 Å². The number of hydrogen-bond donors (Lipinski definition) is 0. The summed E-state index contributed by atoms with van der Waals surface area (Å²) in [5.74, 6) is 1.42. The zero-order valence-corrected chi connectivity index (χ0v) is 13.2. The fourth-order valence-corrected chi connectivity index (χ4v) is 2.62. The molecule has 1 saturated heterocycles. The Morgan fingerprint density at radius 1 is 1.04 bits per heavy atom. The van der Waals surface area contributed by atoms with E-state index in [1.807, 2.05) is 11.8 Å². The molecule has 0 radical (unpaired) electrons. The number of aryl methyl sites for hydroxylation is 1. The van der Waals surface area contributed by atoms with Gasteiger partial charge in [0.15, 0.2) is 11.6 Å². The van der Waals surface area contributed by atoms with Gasteiger partial charge in [-0.05, 0) is 6.42 Å². The summed E-state index contributed by atoms with van der Waals surface area (Å²) in [5, 5.41) is 0. The Hall–Kier alpha value is -2.51. The number of methoxy groups -OCH3 is 1. The van der Waals surface area contributed by atoms with Gasteiger partial charge in [-0.15, -0.1) is 0 Å². The van der Waals surface area contributed by atoms with Gasteiger partial charge in [-0.3, -0.25) is 0 Å². The standard InChI is InChI=1S/C15H19FN6O/c1-3-11-14(16)15(20-9-17-11)22-6-4-21(5-7-22)12-8-13(23-2)19-10-18-12/h8-10H,3-7H2,1-2H3. The first-order valence-corrected chi connectivity index (χ1v) is 7.58. The lowest BCUT2D eigenvalue weighted by atomic mass is 10.2. The molecule has 23 heavy (non-hydrogen) atoms. The van der Waals surface area contributed by atoms with Crippen molar-refractivity contribution >= 4 is 11.6 Å². The van der Waals surface area contributed by atoms with Crippen LogP contribution in [0.3, 0.4) is 0 Å². The summed E-state index contributed by atoms with van der Waals surface area (Å²) in [6.45, 7) is 4.68. The molecule has 0 spiro atoms. The van der Waals surface area contributed by atoms with Crippen LogP contribution in [0.5, 0.6) is 5.88 Å². The van der Waals surface area contributed by atoms with Crippen LogP contribution in [0.4, 0.5) is 16.0 Å². The first-order chi connectivity index (χ1) is 11.2. The minimum Gasteiger partial charge on any atom is -0.481 e. The molecule has 1 fully saturated rings. The van der Waals surface area contributed by atoms with Crippen molar-refractivity contribution in [1.29, 1.82) is 0 Å². The van der Waals surface area contributed by atoms with E-state index in [0.717, 1.165) is 18.9 Å². The first-order valence-electron chi connectivity index (χ1n) is 7.58. The van der Waals surface area contributed by atoms with Crippen LogP contribution >= 0.6 is 0 Å². The molecule has 0 aromatic carbocycles. The summed E-state index contributed by atoms with van der Waals surface area (Å²) in [5.41, 5.74) is 0.456. The predicted octanol–water partition coefficient (Wildman–Crippen LogP) is 1.30. The van der Waals surface area contributed by atoms with Gasteiger partial charge in [-0.25, -0.2) is 24.3 Å². The maximum absolute atomic E-state index is 14.4. The monoisotopic (exact) mass is 318 g/mol. The number of nitrogens with zero attached hydrogens (tertiary/aromatic N) is 6. The molecule has 0 N–H and O–H groups in total. The van der Waals surface area contributed by atoms with Crippen molar-refractivity contribution in [2.45, 2.75) is 13.3 Å². The Bertz CT molecular complexity index is 675. The van der Waals surface area contributed by atoms with Crippen LogP contribution in [-0.4, -0.2) is 53.2 Å².